The lowest BCUT2D eigenvalue weighted by atomic mass is 10.0. The first-order chi connectivity index (χ1) is 17.5. The summed E-state index contributed by atoms with van der Waals surface area (Å²) in [5.74, 6) is 0.583. The van der Waals surface area contributed by atoms with Crippen molar-refractivity contribution in [3.05, 3.63) is 52.6 Å². The van der Waals surface area contributed by atoms with Crippen molar-refractivity contribution in [1.82, 2.24) is 24.3 Å². The van der Waals surface area contributed by atoms with Crippen molar-refractivity contribution in [2.24, 2.45) is 17.4 Å². The van der Waals surface area contributed by atoms with Gasteiger partial charge in [-0.1, -0.05) is 12.1 Å². The minimum atomic E-state index is -0.945. The van der Waals surface area contributed by atoms with Gasteiger partial charge in [-0.15, -0.1) is 0 Å². The molecule has 2 aliphatic heterocycles. The van der Waals surface area contributed by atoms with Crippen molar-refractivity contribution in [1.29, 1.82) is 0 Å². The number of nitrogens with zero attached hydrogens (tertiary/aromatic N) is 5. The number of rotatable bonds is 6. The molecule has 2 atom stereocenters. The van der Waals surface area contributed by atoms with E-state index in [2.05, 4.69) is 22.1 Å². The van der Waals surface area contributed by atoms with Crippen molar-refractivity contribution < 1.29 is 9.59 Å². The van der Waals surface area contributed by atoms with Gasteiger partial charge in [0.1, 0.15) is 5.82 Å². The zero-order chi connectivity index (χ0) is 26.7. The number of aromatic nitrogens is 2. The second-order valence-corrected chi connectivity index (χ2v) is 10.7. The second-order valence-electron chi connectivity index (χ2n) is 10.7. The predicted octanol–water partition coefficient (Wildman–Crippen LogP) is 0.815. The number of amides is 3. The second kappa shape index (κ2) is 11.0. The fourth-order valence-corrected chi connectivity index (χ4v) is 4.83. The van der Waals surface area contributed by atoms with Crippen LogP contribution in [0.4, 0.5) is 10.6 Å². The van der Waals surface area contributed by atoms with Crippen LogP contribution in [0.3, 0.4) is 0 Å². The van der Waals surface area contributed by atoms with Crippen LogP contribution in [0.15, 0.2) is 41.3 Å². The van der Waals surface area contributed by atoms with Gasteiger partial charge in [-0.25, -0.2) is 9.59 Å². The number of likely N-dealkylation sites (tertiary alicyclic amines) is 1. The quantitative estimate of drug-likeness (QED) is 0.522. The Morgan fingerprint density at radius 1 is 1.08 bits per heavy atom. The summed E-state index contributed by atoms with van der Waals surface area (Å²) in [4.78, 5) is 47.4. The lowest BCUT2D eigenvalue weighted by Gasteiger charge is -2.37. The molecule has 0 spiro atoms. The Morgan fingerprint density at radius 3 is 2.30 bits per heavy atom. The molecular formula is C26H38N8O3. The Kier molecular flexibility index (Phi) is 7.96. The smallest absolute Gasteiger partial charge is 0.338 e. The van der Waals surface area contributed by atoms with Crippen LogP contribution >= 0.6 is 0 Å². The molecule has 2 aliphatic rings. The Morgan fingerprint density at radius 2 is 1.73 bits per heavy atom. The number of piperazine rings is 1. The molecule has 37 heavy (non-hydrogen) atoms. The minimum absolute atomic E-state index is 0.142. The molecule has 0 radical (unpaired) electrons. The summed E-state index contributed by atoms with van der Waals surface area (Å²) in [6, 6.07) is 9.30. The molecule has 2 aromatic rings. The van der Waals surface area contributed by atoms with Crippen LogP contribution in [0.2, 0.25) is 0 Å². The van der Waals surface area contributed by atoms with Crippen LogP contribution in [0.25, 0.3) is 5.69 Å². The molecule has 2 saturated heterocycles. The number of anilines is 1. The van der Waals surface area contributed by atoms with Crippen molar-refractivity contribution in [3.8, 4) is 5.69 Å². The molecule has 1 aromatic carbocycles. The van der Waals surface area contributed by atoms with Crippen LogP contribution < -0.4 is 22.5 Å². The Bertz CT molecular complexity index is 1160. The highest BCUT2D eigenvalue weighted by Crippen LogP contribution is 2.21. The van der Waals surface area contributed by atoms with Crippen molar-refractivity contribution in [2.75, 3.05) is 44.6 Å². The van der Waals surface area contributed by atoms with Gasteiger partial charge >= 0.3 is 11.7 Å². The van der Waals surface area contributed by atoms with E-state index in [4.69, 9.17) is 11.5 Å². The van der Waals surface area contributed by atoms with E-state index in [1.807, 2.05) is 24.3 Å². The minimum Gasteiger partial charge on any atom is -0.338 e. The SMILES string of the molecule is CC(N)[C@@H]1CCN(Cc2ccc(-n3ccc(NC(=O)N4CCN(C(=O)C(C)(C)N)CC4)nc3=O)cc2)C1. The third-order valence-electron chi connectivity index (χ3n) is 7.12. The molecular weight excluding hydrogens is 472 g/mol. The van der Waals surface area contributed by atoms with E-state index in [0.717, 1.165) is 26.1 Å². The Labute approximate surface area is 217 Å². The number of benzene rings is 1. The summed E-state index contributed by atoms with van der Waals surface area (Å²) in [7, 11) is 0. The van der Waals surface area contributed by atoms with E-state index in [0.29, 0.717) is 37.8 Å². The number of hydrogen-bond acceptors (Lipinski definition) is 7. The van der Waals surface area contributed by atoms with Gasteiger partial charge in [0.25, 0.3) is 0 Å². The standard InChI is InChI=1S/C26H38N8O3/c1-18(27)20-8-10-31(17-20)16-19-4-6-21(7-5-19)34-11-9-22(30-25(34)37)29-24(36)33-14-12-32(13-15-33)23(35)26(2,3)28/h4-7,9,11,18,20H,8,10,12-17,27-28H2,1-3H3,(H,29,30,36,37)/t18?,20-/m1/s1. The first-order valence-corrected chi connectivity index (χ1v) is 12.8. The number of urea groups is 1. The molecule has 1 aromatic heterocycles. The lowest BCUT2D eigenvalue weighted by Crippen LogP contribution is -2.58. The van der Waals surface area contributed by atoms with E-state index in [9.17, 15) is 14.4 Å². The Balaban J connectivity index is 1.32. The highest BCUT2D eigenvalue weighted by atomic mass is 16.2. The first-order valence-electron chi connectivity index (χ1n) is 12.8. The summed E-state index contributed by atoms with van der Waals surface area (Å²) < 4.78 is 1.44. The van der Waals surface area contributed by atoms with E-state index < -0.39 is 11.2 Å². The largest absolute Gasteiger partial charge is 0.354 e. The van der Waals surface area contributed by atoms with Crippen LogP contribution in [-0.2, 0) is 11.3 Å². The van der Waals surface area contributed by atoms with Crippen LogP contribution in [0.1, 0.15) is 32.8 Å². The molecule has 5 N–H and O–H groups in total. The van der Waals surface area contributed by atoms with Gasteiger partial charge in [-0.05, 0) is 63.4 Å². The third kappa shape index (κ3) is 6.54. The van der Waals surface area contributed by atoms with E-state index in [1.165, 1.54) is 10.1 Å². The average Bonchev–Trinajstić information content (AvgIpc) is 3.33. The van der Waals surface area contributed by atoms with Crippen LogP contribution in [-0.4, -0.2) is 87.0 Å². The summed E-state index contributed by atoms with van der Waals surface area (Å²) >= 11 is 0. The maximum absolute atomic E-state index is 12.7. The highest BCUT2D eigenvalue weighted by Gasteiger charge is 2.31. The number of nitrogens with one attached hydrogen (secondary N) is 1. The van der Waals surface area contributed by atoms with E-state index >= 15 is 0 Å². The molecule has 11 nitrogen and oxygen atoms in total. The number of carbonyl (C=O) groups is 2. The highest BCUT2D eigenvalue weighted by molar-refractivity contribution is 5.89. The molecule has 200 valence electrons. The number of nitrogens with two attached hydrogens (primary N) is 2. The molecule has 4 rings (SSSR count). The van der Waals surface area contributed by atoms with Gasteiger partial charge in [0.15, 0.2) is 0 Å². The van der Waals surface area contributed by atoms with Crippen molar-refractivity contribution in [3.63, 3.8) is 0 Å². The topological polar surface area (TPSA) is 143 Å². The molecule has 0 saturated carbocycles. The average molecular weight is 511 g/mol. The van der Waals surface area contributed by atoms with E-state index in [1.54, 1.807) is 35.9 Å². The van der Waals surface area contributed by atoms with Crippen molar-refractivity contribution in [2.45, 2.75) is 45.3 Å². The molecule has 2 fully saturated rings. The van der Waals surface area contributed by atoms with E-state index in [-0.39, 0.29) is 23.8 Å². The fourth-order valence-electron chi connectivity index (χ4n) is 4.83. The maximum Gasteiger partial charge on any atom is 0.354 e. The predicted molar refractivity (Wildman–Crippen MR) is 142 cm³/mol. The summed E-state index contributed by atoms with van der Waals surface area (Å²) in [6.07, 6.45) is 2.73. The lowest BCUT2D eigenvalue weighted by molar-refractivity contribution is -0.137. The van der Waals surface area contributed by atoms with Gasteiger partial charge < -0.3 is 21.3 Å². The summed E-state index contributed by atoms with van der Waals surface area (Å²) in [5, 5.41) is 2.69. The summed E-state index contributed by atoms with van der Waals surface area (Å²) in [5.41, 5.74) is 12.4. The van der Waals surface area contributed by atoms with Crippen LogP contribution in [0, 0.1) is 5.92 Å². The van der Waals surface area contributed by atoms with Crippen molar-refractivity contribution >= 4 is 17.8 Å². The summed E-state index contributed by atoms with van der Waals surface area (Å²) in [6.45, 7) is 9.88. The molecule has 3 amide bonds. The van der Waals surface area contributed by atoms with Gasteiger partial charge in [0.05, 0.1) is 11.2 Å². The third-order valence-corrected chi connectivity index (χ3v) is 7.12. The monoisotopic (exact) mass is 510 g/mol. The molecule has 3 heterocycles. The Hall–Kier alpha value is -3.28. The molecule has 11 heteroatoms. The normalized spacial score (nSPS) is 19.6. The molecule has 1 unspecified atom stereocenters. The van der Waals surface area contributed by atoms with Crippen LogP contribution in [0.5, 0.6) is 0 Å². The van der Waals surface area contributed by atoms with Gasteiger partial charge in [-0.2, -0.15) is 4.98 Å². The van der Waals surface area contributed by atoms with Gasteiger partial charge in [-0.3, -0.25) is 19.6 Å². The maximum atomic E-state index is 12.7. The van der Waals surface area contributed by atoms with Gasteiger partial charge in [0, 0.05) is 51.5 Å². The number of carbonyl (C=O) groups excluding carboxylic acids is 2. The zero-order valence-electron chi connectivity index (χ0n) is 21.9. The molecule has 0 bridgehead atoms. The zero-order valence-corrected chi connectivity index (χ0v) is 21.9. The molecule has 0 aliphatic carbocycles. The van der Waals surface area contributed by atoms with Gasteiger partial charge in [0.2, 0.25) is 5.91 Å². The fraction of sp³-hybridized carbons (Fsp3) is 0.538. The number of hydrogen-bond donors (Lipinski definition) is 3. The first kappa shape index (κ1) is 26.8.